The molecule has 9 heteroatoms. The molecule has 106 valence electrons. The van der Waals surface area contributed by atoms with Crippen molar-refractivity contribution >= 4 is 11.7 Å². The lowest BCUT2D eigenvalue weighted by atomic mass is 10.0. The monoisotopic (exact) mass is 285 g/mol. The van der Waals surface area contributed by atoms with E-state index in [0.29, 0.717) is 6.20 Å². The first-order chi connectivity index (χ1) is 9.42. The van der Waals surface area contributed by atoms with Crippen molar-refractivity contribution in [2.24, 2.45) is 0 Å². The van der Waals surface area contributed by atoms with Gasteiger partial charge in [0.1, 0.15) is 17.8 Å². The van der Waals surface area contributed by atoms with Crippen molar-refractivity contribution in [1.29, 1.82) is 5.26 Å². The molecule has 1 rings (SSSR count). The molecule has 0 saturated heterocycles. The third-order valence-electron chi connectivity index (χ3n) is 2.32. The largest absolute Gasteiger partial charge is 0.466 e. The lowest BCUT2D eigenvalue weighted by Gasteiger charge is -2.09. The summed E-state index contributed by atoms with van der Waals surface area (Å²) in [6, 6.07) is 1.36. The van der Waals surface area contributed by atoms with Gasteiger partial charge in [0.05, 0.1) is 29.2 Å². The van der Waals surface area contributed by atoms with Gasteiger partial charge in [0.15, 0.2) is 0 Å². The van der Waals surface area contributed by atoms with Crippen LogP contribution in [0.2, 0.25) is 0 Å². The van der Waals surface area contributed by atoms with E-state index in [1.807, 2.05) is 0 Å². The number of nitriles is 1. The molecular formula is C11H9F2N3O4. The number of ether oxygens (including phenoxy) is 1. The van der Waals surface area contributed by atoms with E-state index in [9.17, 15) is 23.7 Å². The van der Waals surface area contributed by atoms with Gasteiger partial charge in [-0.2, -0.15) is 5.26 Å². The topological polar surface area (TPSA) is 106 Å². The minimum atomic E-state index is -3.17. The van der Waals surface area contributed by atoms with Crippen LogP contribution in [0.4, 0.5) is 14.5 Å². The number of halogens is 2. The number of rotatable bonds is 5. The van der Waals surface area contributed by atoms with Gasteiger partial charge in [-0.3, -0.25) is 19.9 Å². The van der Waals surface area contributed by atoms with Crippen LogP contribution < -0.4 is 0 Å². The summed E-state index contributed by atoms with van der Waals surface area (Å²) in [6.45, 7) is 1.59. The Morgan fingerprint density at radius 1 is 1.65 bits per heavy atom. The lowest BCUT2D eigenvalue weighted by Crippen LogP contribution is -2.13. The molecule has 1 aromatic rings. The van der Waals surface area contributed by atoms with Crippen molar-refractivity contribution in [1.82, 2.24) is 4.98 Å². The van der Waals surface area contributed by atoms with Gasteiger partial charge >= 0.3 is 11.7 Å². The first-order valence-electron chi connectivity index (χ1n) is 5.42. The Hall–Kier alpha value is -2.63. The molecule has 0 aliphatic carbocycles. The van der Waals surface area contributed by atoms with E-state index in [1.54, 1.807) is 0 Å². The summed E-state index contributed by atoms with van der Waals surface area (Å²) < 4.78 is 30.6. The second-order valence-electron chi connectivity index (χ2n) is 3.53. The summed E-state index contributed by atoms with van der Waals surface area (Å²) in [4.78, 5) is 24.4. The molecule has 0 amide bonds. The molecule has 0 saturated carbocycles. The standard InChI is InChI=1S/C11H9F2N3O4/c1-2-20-9(17)3-7-10(11(12)13)6(4-14)8(5-15-7)16(18)19/h5,11H,2-3H2,1H3. The van der Waals surface area contributed by atoms with Crippen LogP contribution in [0.25, 0.3) is 0 Å². The number of carbonyl (C=O) groups is 1. The molecule has 0 aromatic carbocycles. The van der Waals surface area contributed by atoms with Crippen molar-refractivity contribution in [3.05, 3.63) is 33.1 Å². The molecule has 0 fully saturated rings. The summed E-state index contributed by atoms with van der Waals surface area (Å²) in [5.74, 6) is -0.806. The smallest absolute Gasteiger partial charge is 0.311 e. The number of hydrogen-bond acceptors (Lipinski definition) is 6. The third kappa shape index (κ3) is 3.23. The minimum Gasteiger partial charge on any atom is -0.466 e. The fraction of sp³-hybridized carbons (Fsp3) is 0.364. The maximum atomic E-state index is 13.0. The molecule has 0 unspecified atom stereocenters. The summed E-state index contributed by atoms with van der Waals surface area (Å²) in [5, 5.41) is 19.5. The number of nitro groups is 1. The summed E-state index contributed by atoms with van der Waals surface area (Å²) in [6.07, 6.45) is -3.07. The second kappa shape index (κ2) is 6.51. The first kappa shape index (κ1) is 15.4. The van der Waals surface area contributed by atoms with Crippen LogP contribution >= 0.6 is 0 Å². The highest BCUT2D eigenvalue weighted by atomic mass is 19.3. The maximum absolute atomic E-state index is 13.0. The van der Waals surface area contributed by atoms with Gasteiger partial charge in [0.25, 0.3) is 6.43 Å². The van der Waals surface area contributed by atoms with Crippen molar-refractivity contribution in [2.75, 3.05) is 6.61 Å². The van der Waals surface area contributed by atoms with E-state index < -0.39 is 46.2 Å². The maximum Gasteiger partial charge on any atom is 0.311 e. The molecule has 7 nitrogen and oxygen atoms in total. The van der Waals surface area contributed by atoms with Gasteiger partial charge in [-0.05, 0) is 6.92 Å². The van der Waals surface area contributed by atoms with Crippen LogP contribution in [0, 0.1) is 21.4 Å². The third-order valence-corrected chi connectivity index (χ3v) is 2.32. The van der Waals surface area contributed by atoms with E-state index in [0.717, 1.165) is 0 Å². The highest BCUT2D eigenvalue weighted by molar-refractivity contribution is 5.73. The van der Waals surface area contributed by atoms with Crippen molar-refractivity contribution in [3.8, 4) is 6.07 Å². The number of alkyl halides is 2. The predicted molar refractivity (Wildman–Crippen MR) is 60.9 cm³/mol. The van der Waals surface area contributed by atoms with Crippen LogP contribution in [0.5, 0.6) is 0 Å². The molecule has 0 radical (unpaired) electrons. The highest BCUT2D eigenvalue weighted by Crippen LogP contribution is 2.31. The number of nitrogens with zero attached hydrogens (tertiary/aromatic N) is 3. The second-order valence-corrected chi connectivity index (χ2v) is 3.53. The number of pyridine rings is 1. The Morgan fingerprint density at radius 2 is 2.30 bits per heavy atom. The molecule has 1 aromatic heterocycles. The van der Waals surface area contributed by atoms with Gasteiger partial charge < -0.3 is 4.74 Å². The molecule has 20 heavy (non-hydrogen) atoms. The van der Waals surface area contributed by atoms with E-state index in [4.69, 9.17) is 5.26 Å². The molecule has 0 bridgehead atoms. The molecule has 0 aliphatic rings. The molecular weight excluding hydrogens is 276 g/mol. The van der Waals surface area contributed by atoms with Crippen molar-refractivity contribution in [2.45, 2.75) is 19.8 Å². The van der Waals surface area contributed by atoms with Gasteiger partial charge in [-0.25, -0.2) is 8.78 Å². The molecule has 0 aliphatic heterocycles. The van der Waals surface area contributed by atoms with Crippen molar-refractivity contribution in [3.63, 3.8) is 0 Å². The number of aromatic nitrogens is 1. The molecule has 0 atom stereocenters. The summed E-state index contributed by atoms with van der Waals surface area (Å²) in [5.41, 5.74) is -2.93. The van der Waals surface area contributed by atoms with Gasteiger partial charge in [-0.1, -0.05) is 0 Å². The molecule has 0 spiro atoms. The fourth-order valence-corrected chi connectivity index (χ4v) is 1.54. The van der Waals surface area contributed by atoms with E-state index in [2.05, 4.69) is 9.72 Å². The van der Waals surface area contributed by atoms with E-state index in [1.165, 1.54) is 13.0 Å². The van der Waals surface area contributed by atoms with E-state index >= 15 is 0 Å². The van der Waals surface area contributed by atoms with Gasteiger partial charge in [0, 0.05) is 0 Å². The van der Waals surface area contributed by atoms with Gasteiger partial charge in [-0.15, -0.1) is 0 Å². The normalized spacial score (nSPS) is 10.2. The number of esters is 1. The molecule has 1 heterocycles. The zero-order chi connectivity index (χ0) is 15.3. The van der Waals surface area contributed by atoms with Crippen LogP contribution in [0.1, 0.15) is 30.2 Å². The number of hydrogen-bond donors (Lipinski definition) is 0. The fourth-order valence-electron chi connectivity index (χ4n) is 1.54. The first-order valence-corrected chi connectivity index (χ1v) is 5.42. The lowest BCUT2D eigenvalue weighted by molar-refractivity contribution is -0.385. The minimum absolute atomic E-state index is 0.0565. The average molecular weight is 285 g/mol. The van der Waals surface area contributed by atoms with Gasteiger partial charge in [0.2, 0.25) is 0 Å². The Morgan fingerprint density at radius 3 is 2.75 bits per heavy atom. The van der Waals surface area contributed by atoms with Crippen LogP contribution in [0.15, 0.2) is 6.20 Å². The summed E-state index contributed by atoms with van der Waals surface area (Å²) in [7, 11) is 0. The van der Waals surface area contributed by atoms with Crippen LogP contribution in [0.3, 0.4) is 0 Å². The zero-order valence-electron chi connectivity index (χ0n) is 10.3. The zero-order valence-corrected chi connectivity index (χ0v) is 10.3. The Bertz CT molecular complexity index is 584. The number of carbonyl (C=O) groups excluding carboxylic acids is 1. The predicted octanol–water partition coefficient (Wildman–Crippen LogP) is 1.90. The van der Waals surface area contributed by atoms with E-state index in [-0.39, 0.29) is 6.61 Å². The Balaban J connectivity index is 3.36. The Labute approximate surface area is 111 Å². The van der Waals surface area contributed by atoms with Crippen LogP contribution in [-0.4, -0.2) is 22.5 Å². The average Bonchev–Trinajstić information content (AvgIpc) is 2.37. The van der Waals surface area contributed by atoms with Crippen molar-refractivity contribution < 1.29 is 23.2 Å². The quantitative estimate of drug-likeness (QED) is 0.464. The highest BCUT2D eigenvalue weighted by Gasteiger charge is 2.28. The summed E-state index contributed by atoms with van der Waals surface area (Å²) >= 11 is 0. The van der Waals surface area contributed by atoms with Crippen LogP contribution in [-0.2, 0) is 16.0 Å². The Kier molecular flexibility index (Phi) is 5.02. The molecule has 0 N–H and O–H groups in total. The SMILES string of the molecule is CCOC(=O)Cc1ncc([N+](=O)[O-])c(C#N)c1C(F)F.